The molecule has 0 unspecified atom stereocenters. The number of hydrogen-bond acceptors (Lipinski definition) is 5. The molecule has 0 aliphatic rings. The highest BCUT2D eigenvalue weighted by atomic mass is 127. The van der Waals surface area contributed by atoms with Gasteiger partial charge in [0.05, 0.1) is 19.2 Å². The first-order chi connectivity index (χ1) is 10.9. The van der Waals surface area contributed by atoms with Gasteiger partial charge >= 0.3 is 0 Å². The van der Waals surface area contributed by atoms with Crippen LogP contribution in [0.5, 0.6) is 5.75 Å². The monoisotopic (exact) mass is 489 g/mol. The smallest absolute Gasteiger partial charge is 0.271 e. The molecule has 0 fully saturated rings. The molecule has 0 spiro atoms. The Morgan fingerprint density at radius 1 is 1.39 bits per heavy atom. The van der Waals surface area contributed by atoms with Crippen molar-refractivity contribution < 1.29 is 14.8 Å². The number of nitrogens with zero attached hydrogens (tertiary/aromatic N) is 2. The number of benzene rings is 2. The second-order valence-corrected chi connectivity index (χ2v) is 6.36. The van der Waals surface area contributed by atoms with Crippen LogP contribution in [0, 0.1) is 13.7 Å². The number of nitro groups is 1. The zero-order valence-electron chi connectivity index (χ0n) is 11.4. The van der Waals surface area contributed by atoms with Crippen LogP contribution in [0.25, 0.3) is 0 Å². The first kappa shape index (κ1) is 17.3. The second kappa shape index (κ2) is 7.51. The molecule has 0 saturated carbocycles. The fourth-order valence-corrected chi connectivity index (χ4v) is 3.15. The molecule has 9 heteroatoms. The molecule has 0 saturated heterocycles. The molecular formula is C14H9BrIN3O4. The molecule has 2 rings (SSSR count). The number of non-ortho nitro benzene ring substituents is 1. The van der Waals surface area contributed by atoms with Crippen molar-refractivity contribution in [1.82, 2.24) is 5.43 Å². The van der Waals surface area contributed by atoms with E-state index in [1.807, 2.05) is 22.6 Å². The Morgan fingerprint density at radius 2 is 2.13 bits per heavy atom. The van der Waals surface area contributed by atoms with Gasteiger partial charge in [-0.1, -0.05) is 6.07 Å². The summed E-state index contributed by atoms with van der Waals surface area (Å²) in [6, 6.07) is 8.68. The number of hydrogen-bond donors (Lipinski definition) is 2. The third-order valence-corrected chi connectivity index (χ3v) is 4.16. The maximum absolute atomic E-state index is 11.9. The summed E-state index contributed by atoms with van der Waals surface area (Å²) in [6.45, 7) is 0. The number of halogens is 2. The Bertz CT molecular complexity index is 787. The predicted octanol–water partition coefficient (Wildman–Crippen LogP) is 3.43. The molecular weight excluding hydrogens is 481 g/mol. The third-order valence-electron chi connectivity index (χ3n) is 2.74. The molecule has 0 heterocycles. The molecule has 1 amide bonds. The SMILES string of the molecule is O=C(N/N=C\c1cc(Br)c(O)c(I)c1)c1cccc([N+](=O)[O-])c1. The number of nitro benzene ring substituents is 1. The standard InChI is InChI=1S/C14H9BrIN3O4/c15-11-4-8(5-12(16)13(11)20)7-17-18-14(21)9-2-1-3-10(6-9)19(22)23/h1-7,20H,(H,18,21)/b17-7-. The summed E-state index contributed by atoms with van der Waals surface area (Å²) in [4.78, 5) is 22.0. The number of rotatable bonds is 4. The first-order valence-electron chi connectivity index (χ1n) is 6.14. The number of amides is 1. The Kier molecular flexibility index (Phi) is 5.66. The van der Waals surface area contributed by atoms with Crippen molar-refractivity contribution in [3.05, 3.63) is 65.7 Å². The fraction of sp³-hybridized carbons (Fsp3) is 0. The average Bonchev–Trinajstić information content (AvgIpc) is 2.52. The van der Waals surface area contributed by atoms with E-state index in [2.05, 4.69) is 26.5 Å². The minimum Gasteiger partial charge on any atom is -0.506 e. The number of hydrazone groups is 1. The van der Waals surface area contributed by atoms with Crippen molar-refractivity contribution in [3.63, 3.8) is 0 Å². The molecule has 23 heavy (non-hydrogen) atoms. The van der Waals surface area contributed by atoms with Crippen LogP contribution in [0.1, 0.15) is 15.9 Å². The number of phenolic OH excluding ortho intramolecular Hbond substituents is 1. The second-order valence-electron chi connectivity index (χ2n) is 4.34. The third kappa shape index (κ3) is 4.48. The summed E-state index contributed by atoms with van der Waals surface area (Å²) in [5.41, 5.74) is 2.93. The van der Waals surface area contributed by atoms with E-state index in [1.54, 1.807) is 12.1 Å². The molecule has 0 aliphatic heterocycles. The van der Waals surface area contributed by atoms with Gasteiger partial charge in [0.2, 0.25) is 0 Å². The van der Waals surface area contributed by atoms with Gasteiger partial charge in [-0.05, 0) is 62.3 Å². The van der Waals surface area contributed by atoms with Gasteiger partial charge in [0, 0.05) is 17.7 Å². The maximum atomic E-state index is 11.9. The highest BCUT2D eigenvalue weighted by Gasteiger charge is 2.10. The van der Waals surface area contributed by atoms with Crippen LogP contribution in [0.4, 0.5) is 5.69 Å². The minimum atomic E-state index is -0.573. The number of aromatic hydroxyl groups is 1. The maximum Gasteiger partial charge on any atom is 0.271 e. The summed E-state index contributed by atoms with van der Waals surface area (Å²) in [5, 5.41) is 24.1. The van der Waals surface area contributed by atoms with Crippen molar-refractivity contribution in [3.8, 4) is 5.75 Å². The molecule has 2 aromatic carbocycles. The lowest BCUT2D eigenvalue weighted by Gasteiger charge is -2.02. The first-order valence-corrected chi connectivity index (χ1v) is 8.01. The normalized spacial score (nSPS) is 10.7. The van der Waals surface area contributed by atoms with Gasteiger partial charge < -0.3 is 5.11 Å². The lowest BCUT2D eigenvalue weighted by molar-refractivity contribution is -0.384. The largest absolute Gasteiger partial charge is 0.506 e. The van der Waals surface area contributed by atoms with E-state index in [9.17, 15) is 20.0 Å². The summed E-state index contributed by atoms with van der Waals surface area (Å²) in [7, 11) is 0. The van der Waals surface area contributed by atoms with Gasteiger partial charge in [-0.3, -0.25) is 14.9 Å². The average molecular weight is 490 g/mol. The van der Waals surface area contributed by atoms with Gasteiger partial charge in [0.1, 0.15) is 5.75 Å². The van der Waals surface area contributed by atoms with E-state index in [-0.39, 0.29) is 17.0 Å². The Balaban J connectivity index is 2.10. The molecule has 0 atom stereocenters. The van der Waals surface area contributed by atoms with Crippen LogP contribution in [-0.4, -0.2) is 22.2 Å². The fourth-order valence-electron chi connectivity index (χ4n) is 1.65. The molecule has 2 aromatic rings. The van der Waals surface area contributed by atoms with Crippen molar-refractivity contribution >= 4 is 56.3 Å². The van der Waals surface area contributed by atoms with E-state index in [0.29, 0.717) is 13.6 Å². The molecule has 2 N–H and O–H groups in total. The molecule has 0 aromatic heterocycles. The highest BCUT2D eigenvalue weighted by molar-refractivity contribution is 14.1. The zero-order chi connectivity index (χ0) is 17.0. The lowest BCUT2D eigenvalue weighted by atomic mass is 10.2. The summed E-state index contributed by atoms with van der Waals surface area (Å²) in [6.07, 6.45) is 1.40. The molecule has 7 nitrogen and oxygen atoms in total. The number of phenols is 1. The quantitative estimate of drug-likeness (QED) is 0.297. The van der Waals surface area contributed by atoms with Crippen molar-refractivity contribution in [1.29, 1.82) is 0 Å². The molecule has 0 aliphatic carbocycles. The van der Waals surface area contributed by atoms with Crippen molar-refractivity contribution in [2.45, 2.75) is 0 Å². The predicted molar refractivity (Wildman–Crippen MR) is 96.7 cm³/mol. The van der Waals surface area contributed by atoms with Crippen LogP contribution in [-0.2, 0) is 0 Å². The van der Waals surface area contributed by atoms with Crippen molar-refractivity contribution in [2.75, 3.05) is 0 Å². The minimum absolute atomic E-state index is 0.128. The molecule has 118 valence electrons. The van der Waals surface area contributed by atoms with Gasteiger partial charge in [-0.15, -0.1) is 0 Å². The summed E-state index contributed by atoms with van der Waals surface area (Å²) >= 11 is 5.18. The van der Waals surface area contributed by atoms with Gasteiger partial charge in [-0.2, -0.15) is 5.10 Å². The summed E-state index contributed by atoms with van der Waals surface area (Å²) < 4.78 is 1.14. The van der Waals surface area contributed by atoms with Gasteiger partial charge in [-0.25, -0.2) is 5.43 Å². The van der Waals surface area contributed by atoms with Crippen LogP contribution in [0.2, 0.25) is 0 Å². The van der Waals surface area contributed by atoms with E-state index in [4.69, 9.17) is 0 Å². The number of nitrogens with one attached hydrogen (secondary N) is 1. The Labute approximate surface area is 152 Å². The number of carbonyl (C=O) groups is 1. The molecule has 0 radical (unpaired) electrons. The molecule has 0 bridgehead atoms. The van der Waals surface area contributed by atoms with E-state index in [1.165, 1.54) is 30.5 Å². The van der Waals surface area contributed by atoms with Crippen LogP contribution in [0.3, 0.4) is 0 Å². The van der Waals surface area contributed by atoms with E-state index in [0.717, 1.165) is 0 Å². The number of carbonyl (C=O) groups excluding carboxylic acids is 1. The van der Waals surface area contributed by atoms with Gasteiger partial charge in [0.15, 0.2) is 0 Å². The Hall–Kier alpha value is -2.01. The zero-order valence-corrected chi connectivity index (χ0v) is 15.1. The van der Waals surface area contributed by atoms with E-state index >= 15 is 0 Å². The van der Waals surface area contributed by atoms with Crippen molar-refractivity contribution in [2.24, 2.45) is 5.10 Å². The lowest BCUT2D eigenvalue weighted by Crippen LogP contribution is -2.17. The van der Waals surface area contributed by atoms with E-state index < -0.39 is 10.8 Å². The van der Waals surface area contributed by atoms with Gasteiger partial charge in [0.25, 0.3) is 11.6 Å². The highest BCUT2D eigenvalue weighted by Crippen LogP contribution is 2.29. The van der Waals surface area contributed by atoms with Crippen LogP contribution >= 0.6 is 38.5 Å². The topological polar surface area (TPSA) is 105 Å². The van der Waals surface area contributed by atoms with Crippen LogP contribution < -0.4 is 5.43 Å². The summed E-state index contributed by atoms with van der Waals surface area (Å²) in [5.74, 6) is -0.430. The van der Waals surface area contributed by atoms with Crippen LogP contribution in [0.15, 0.2) is 46.0 Å². The Morgan fingerprint density at radius 3 is 2.78 bits per heavy atom.